The average Bonchev–Trinajstić information content (AvgIpc) is 3.49. The first-order valence-corrected chi connectivity index (χ1v) is 15.0. The van der Waals surface area contributed by atoms with Crippen LogP contribution in [0.15, 0.2) is 42.5 Å². The van der Waals surface area contributed by atoms with E-state index in [0.717, 1.165) is 22.2 Å². The third-order valence-electron chi connectivity index (χ3n) is 7.66. The van der Waals surface area contributed by atoms with Crippen LogP contribution in [0.25, 0.3) is 0 Å². The number of benzene rings is 2. The van der Waals surface area contributed by atoms with Gasteiger partial charge in [-0.05, 0) is 67.1 Å². The van der Waals surface area contributed by atoms with E-state index in [2.05, 4.69) is 31.9 Å². The number of hydrogen-bond donors (Lipinski definition) is 0. The van der Waals surface area contributed by atoms with Crippen LogP contribution in [0.4, 0.5) is 4.39 Å². The molecule has 2 saturated carbocycles. The number of hydrogen-bond acceptors (Lipinski definition) is 4. The maximum Gasteiger partial charge on any atom is 0.275 e. The molecule has 0 aromatic heterocycles. The molecule has 2 aliphatic carbocycles. The number of alkyl halides is 3. The van der Waals surface area contributed by atoms with Crippen LogP contribution in [-0.4, -0.2) is 55.1 Å². The van der Waals surface area contributed by atoms with Crippen molar-refractivity contribution in [2.24, 2.45) is 23.7 Å². The number of hydrazine groups is 1. The fourth-order valence-electron chi connectivity index (χ4n) is 5.98. The van der Waals surface area contributed by atoms with Gasteiger partial charge in [-0.1, -0.05) is 55.1 Å². The number of ketones is 1. The Morgan fingerprint density at radius 3 is 2.11 bits per heavy atom. The van der Waals surface area contributed by atoms with Crippen molar-refractivity contribution < 1.29 is 23.6 Å². The number of amides is 3. The van der Waals surface area contributed by atoms with Crippen LogP contribution >= 0.6 is 66.7 Å². The smallest absolute Gasteiger partial charge is 0.275 e. The predicted octanol–water partition coefficient (Wildman–Crippen LogP) is 6.15. The molecule has 2 bridgehead atoms. The highest BCUT2D eigenvalue weighted by atomic mass is 79.9. The monoisotopic (exact) mass is 706 g/mol. The standard InChI is InChI=1S/C26H20Br2Cl3FN2O4/c27-21-15-10-16(22(21)28)20-19(15)25(37)34(26(20)38)33(24(36)14-6-3-12(30)9-17(14)31)18(7-8-29)23(35)11-1-4-13(32)5-2-11/h1-6,9,15-16,18-22H,7-8,10H2/t15-,16-,18+,19-,20+,21-,22+/m1/s1. The Labute approximate surface area is 250 Å². The first kappa shape index (κ1) is 28.0. The second kappa shape index (κ2) is 10.8. The highest BCUT2D eigenvalue weighted by Gasteiger charge is 2.68. The summed E-state index contributed by atoms with van der Waals surface area (Å²) in [5.74, 6) is -4.56. The fourth-order valence-corrected chi connectivity index (χ4v) is 8.55. The van der Waals surface area contributed by atoms with Crippen LogP contribution in [-0.2, 0) is 9.59 Å². The van der Waals surface area contributed by atoms with Gasteiger partial charge in [0, 0.05) is 26.1 Å². The van der Waals surface area contributed by atoms with E-state index < -0.39 is 47.2 Å². The van der Waals surface area contributed by atoms with Crippen LogP contribution in [0.2, 0.25) is 10.0 Å². The van der Waals surface area contributed by atoms with Gasteiger partial charge in [0.1, 0.15) is 11.9 Å². The second-order valence-electron chi connectivity index (χ2n) is 9.63. The molecule has 3 aliphatic rings. The number of fused-ring (bicyclic) bond motifs is 5. The molecule has 0 radical (unpaired) electrons. The van der Waals surface area contributed by atoms with Crippen LogP contribution in [0.5, 0.6) is 0 Å². The largest absolute Gasteiger partial charge is 0.292 e. The minimum Gasteiger partial charge on any atom is -0.292 e. The Morgan fingerprint density at radius 2 is 1.58 bits per heavy atom. The maximum atomic E-state index is 14.1. The first-order valence-electron chi connectivity index (χ1n) is 11.9. The van der Waals surface area contributed by atoms with Crippen LogP contribution in [0.3, 0.4) is 0 Å². The molecule has 1 heterocycles. The normalized spacial score (nSPS) is 28.5. The number of carbonyl (C=O) groups excluding carboxylic acids is 4. The van der Waals surface area contributed by atoms with Gasteiger partial charge in [0.2, 0.25) is 0 Å². The third-order valence-corrected chi connectivity index (χ3v) is 11.6. The highest BCUT2D eigenvalue weighted by Crippen LogP contribution is 2.60. The van der Waals surface area contributed by atoms with Gasteiger partial charge in [-0.25, -0.2) is 9.40 Å². The molecule has 2 aromatic carbocycles. The highest BCUT2D eigenvalue weighted by molar-refractivity contribution is 9.12. The summed E-state index contributed by atoms with van der Waals surface area (Å²) in [5.41, 5.74) is 0.0573. The lowest BCUT2D eigenvalue weighted by atomic mass is 9.81. The van der Waals surface area contributed by atoms with Crippen molar-refractivity contribution in [1.82, 2.24) is 10.0 Å². The average molecular weight is 710 g/mol. The van der Waals surface area contributed by atoms with Crippen molar-refractivity contribution in [2.75, 3.05) is 5.88 Å². The van der Waals surface area contributed by atoms with Crippen LogP contribution < -0.4 is 0 Å². The summed E-state index contributed by atoms with van der Waals surface area (Å²) in [6.07, 6.45) is 0.624. The van der Waals surface area contributed by atoms with E-state index in [-0.39, 0.29) is 55.0 Å². The molecule has 7 atom stereocenters. The summed E-state index contributed by atoms with van der Waals surface area (Å²) in [5, 5.41) is 2.00. The van der Waals surface area contributed by atoms with Crippen molar-refractivity contribution in [3.8, 4) is 0 Å². The molecule has 0 spiro atoms. The Balaban J connectivity index is 1.62. The lowest BCUT2D eigenvalue weighted by molar-refractivity contribution is -0.157. The summed E-state index contributed by atoms with van der Waals surface area (Å²) in [7, 11) is 0. The van der Waals surface area contributed by atoms with Crippen molar-refractivity contribution in [3.63, 3.8) is 0 Å². The molecular formula is C26H20Br2Cl3FN2O4. The third kappa shape index (κ3) is 4.52. The Morgan fingerprint density at radius 1 is 1.00 bits per heavy atom. The van der Waals surface area contributed by atoms with E-state index in [0.29, 0.717) is 6.42 Å². The summed E-state index contributed by atoms with van der Waals surface area (Å²) in [6.45, 7) is 0. The lowest BCUT2D eigenvalue weighted by Gasteiger charge is -2.37. The van der Waals surface area contributed by atoms with Gasteiger partial charge in [0.15, 0.2) is 5.78 Å². The van der Waals surface area contributed by atoms with Gasteiger partial charge in [-0.2, -0.15) is 5.01 Å². The summed E-state index contributed by atoms with van der Waals surface area (Å²) in [6, 6.07) is 7.65. The van der Waals surface area contributed by atoms with Crippen molar-refractivity contribution >= 4 is 90.2 Å². The van der Waals surface area contributed by atoms with Crippen molar-refractivity contribution in [3.05, 3.63) is 69.5 Å². The molecule has 5 rings (SSSR count). The van der Waals surface area contributed by atoms with E-state index in [9.17, 15) is 23.6 Å². The summed E-state index contributed by atoms with van der Waals surface area (Å²) in [4.78, 5) is 55.6. The molecule has 2 aromatic rings. The zero-order valence-corrected chi connectivity index (χ0v) is 24.9. The molecule has 38 heavy (non-hydrogen) atoms. The maximum absolute atomic E-state index is 14.1. The number of carbonyl (C=O) groups is 4. The van der Waals surface area contributed by atoms with E-state index in [4.69, 9.17) is 34.8 Å². The topological polar surface area (TPSA) is 74.8 Å². The molecule has 0 N–H and O–H groups in total. The Bertz CT molecular complexity index is 1300. The Kier molecular flexibility index (Phi) is 7.97. The lowest BCUT2D eigenvalue weighted by Crippen LogP contribution is -2.58. The predicted molar refractivity (Wildman–Crippen MR) is 148 cm³/mol. The SMILES string of the molecule is O=C(c1ccc(F)cc1)[C@H](CCCl)N(C(=O)c1ccc(Cl)cc1Cl)N1C(=O)[C@@H]2[C@H]3C[C@@H]([C@H](Br)[C@@H]3Br)[C@@H]2C1=O. The molecule has 6 nitrogen and oxygen atoms in total. The van der Waals surface area contributed by atoms with E-state index in [1.54, 1.807) is 0 Å². The minimum atomic E-state index is -1.33. The quantitative estimate of drug-likeness (QED) is 0.197. The molecule has 3 fully saturated rings. The van der Waals surface area contributed by atoms with Gasteiger partial charge in [-0.15, -0.1) is 11.6 Å². The van der Waals surface area contributed by atoms with Crippen molar-refractivity contribution in [2.45, 2.75) is 28.5 Å². The fraction of sp³-hybridized carbons (Fsp3) is 0.385. The van der Waals surface area contributed by atoms with Crippen LogP contribution in [0, 0.1) is 29.5 Å². The molecular weight excluding hydrogens is 689 g/mol. The second-order valence-corrected chi connectivity index (χ2v) is 13.0. The van der Waals surface area contributed by atoms with Gasteiger partial charge < -0.3 is 0 Å². The summed E-state index contributed by atoms with van der Waals surface area (Å²) >= 11 is 25.8. The number of rotatable bonds is 7. The number of imide groups is 1. The van der Waals surface area contributed by atoms with E-state index in [1.165, 1.54) is 30.3 Å². The van der Waals surface area contributed by atoms with Crippen LogP contribution in [0.1, 0.15) is 33.6 Å². The molecule has 0 unspecified atom stereocenters. The van der Waals surface area contributed by atoms with E-state index >= 15 is 0 Å². The molecule has 200 valence electrons. The number of Topliss-reactive ketones (excluding diaryl/α,β-unsaturated/α-hetero) is 1. The number of halogens is 6. The zero-order chi connectivity index (χ0) is 27.5. The van der Waals surface area contributed by atoms with E-state index in [1.807, 2.05) is 0 Å². The van der Waals surface area contributed by atoms with Gasteiger partial charge in [-0.3, -0.25) is 19.2 Å². The first-order chi connectivity index (χ1) is 18.1. The summed E-state index contributed by atoms with van der Waals surface area (Å²) < 4.78 is 13.6. The van der Waals surface area contributed by atoms with Gasteiger partial charge >= 0.3 is 0 Å². The minimum absolute atomic E-state index is 0.00763. The zero-order valence-electron chi connectivity index (χ0n) is 19.5. The molecule has 12 heteroatoms. The molecule has 3 amide bonds. The molecule has 1 aliphatic heterocycles. The van der Waals surface area contributed by atoms with Gasteiger partial charge in [0.25, 0.3) is 17.7 Å². The number of nitrogens with zero attached hydrogens (tertiary/aromatic N) is 2. The van der Waals surface area contributed by atoms with Gasteiger partial charge in [0.05, 0.1) is 22.4 Å². The molecule has 1 saturated heterocycles. The van der Waals surface area contributed by atoms with Crippen molar-refractivity contribution in [1.29, 1.82) is 0 Å². The Hall–Kier alpha value is -1.52.